The third kappa shape index (κ3) is 3.69. The van der Waals surface area contributed by atoms with Crippen molar-refractivity contribution in [3.05, 3.63) is 0 Å². The van der Waals surface area contributed by atoms with Crippen molar-refractivity contribution < 1.29 is 14.3 Å². The topological polar surface area (TPSA) is 50.8 Å². The molecule has 0 aromatic carbocycles. The molecule has 1 unspecified atom stereocenters. The number of nitrogens with one attached hydrogen (secondary N) is 1. The predicted molar refractivity (Wildman–Crippen MR) is 80.2 cm³/mol. The summed E-state index contributed by atoms with van der Waals surface area (Å²) in [5.41, 5.74) is -0.256. The molecular weight excluding hydrogens is 268 g/mol. The molecule has 0 aromatic heterocycles. The number of likely N-dealkylation sites (tertiary alicyclic amines) is 1. The lowest BCUT2D eigenvalue weighted by molar-refractivity contribution is -0.0913. The molecule has 2 saturated heterocycles. The largest absolute Gasteiger partial charge is 0.444 e. The smallest absolute Gasteiger partial charge is 0.410 e. The van der Waals surface area contributed by atoms with E-state index in [1.165, 1.54) is 12.8 Å². The molecule has 2 aliphatic heterocycles. The number of amides is 1. The van der Waals surface area contributed by atoms with E-state index in [0.717, 1.165) is 39.0 Å². The van der Waals surface area contributed by atoms with Gasteiger partial charge in [0.05, 0.1) is 11.7 Å². The van der Waals surface area contributed by atoms with E-state index < -0.39 is 5.60 Å². The lowest BCUT2D eigenvalue weighted by Gasteiger charge is -2.40. The first-order chi connectivity index (χ1) is 9.87. The van der Waals surface area contributed by atoms with Gasteiger partial charge in [-0.3, -0.25) is 0 Å². The van der Waals surface area contributed by atoms with Gasteiger partial charge in [0.1, 0.15) is 5.60 Å². The molecule has 3 aliphatic rings. The molecule has 2 heterocycles. The van der Waals surface area contributed by atoms with Gasteiger partial charge in [-0.2, -0.15) is 0 Å². The molecule has 1 atom stereocenters. The van der Waals surface area contributed by atoms with E-state index in [4.69, 9.17) is 9.47 Å². The Hall–Kier alpha value is -0.810. The molecule has 5 nitrogen and oxygen atoms in total. The highest BCUT2D eigenvalue weighted by Crippen LogP contribution is 2.43. The molecule has 0 bridgehead atoms. The number of carbonyl (C=O) groups is 1. The van der Waals surface area contributed by atoms with Crippen LogP contribution < -0.4 is 5.32 Å². The van der Waals surface area contributed by atoms with Crippen molar-refractivity contribution >= 4 is 6.09 Å². The van der Waals surface area contributed by atoms with Gasteiger partial charge < -0.3 is 19.7 Å². The molecule has 1 spiro atoms. The summed E-state index contributed by atoms with van der Waals surface area (Å²) in [6.07, 6.45) is 4.58. The Kier molecular flexibility index (Phi) is 3.91. The van der Waals surface area contributed by atoms with Crippen LogP contribution in [0, 0.1) is 5.92 Å². The monoisotopic (exact) mass is 296 g/mol. The molecule has 1 saturated carbocycles. The Bertz CT molecular complexity index is 393. The van der Waals surface area contributed by atoms with Crippen molar-refractivity contribution in [2.75, 3.05) is 26.2 Å². The van der Waals surface area contributed by atoms with E-state index in [0.29, 0.717) is 12.0 Å². The van der Waals surface area contributed by atoms with Crippen molar-refractivity contribution in [1.29, 1.82) is 0 Å². The molecule has 1 aliphatic carbocycles. The zero-order valence-corrected chi connectivity index (χ0v) is 13.5. The van der Waals surface area contributed by atoms with Crippen molar-refractivity contribution in [3.8, 4) is 0 Å². The minimum atomic E-state index is -0.414. The Morgan fingerprint density at radius 1 is 1.29 bits per heavy atom. The first-order valence-corrected chi connectivity index (χ1v) is 8.23. The van der Waals surface area contributed by atoms with Crippen LogP contribution in [0.3, 0.4) is 0 Å². The normalized spacial score (nSPS) is 29.5. The number of carbonyl (C=O) groups excluding carboxylic acids is 1. The van der Waals surface area contributed by atoms with Gasteiger partial charge in [0.15, 0.2) is 0 Å². The van der Waals surface area contributed by atoms with E-state index in [1.54, 1.807) is 0 Å². The van der Waals surface area contributed by atoms with Crippen LogP contribution in [-0.4, -0.2) is 54.5 Å². The van der Waals surface area contributed by atoms with Gasteiger partial charge >= 0.3 is 6.09 Å². The van der Waals surface area contributed by atoms with Crippen LogP contribution in [0.1, 0.15) is 46.5 Å². The first-order valence-electron chi connectivity index (χ1n) is 8.23. The second-order valence-electron chi connectivity index (χ2n) is 7.78. The molecular formula is C16H28N2O3. The minimum absolute atomic E-state index is 0.158. The lowest BCUT2D eigenvalue weighted by atomic mass is 9.90. The van der Waals surface area contributed by atoms with Gasteiger partial charge in [-0.05, 0) is 52.4 Å². The lowest BCUT2D eigenvalue weighted by Crippen LogP contribution is -2.52. The number of hydrogen-bond acceptors (Lipinski definition) is 4. The van der Waals surface area contributed by atoms with Crippen molar-refractivity contribution in [2.45, 2.75) is 63.8 Å². The van der Waals surface area contributed by atoms with Crippen LogP contribution in [0.2, 0.25) is 0 Å². The van der Waals surface area contributed by atoms with Crippen molar-refractivity contribution in [1.82, 2.24) is 10.2 Å². The number of rotatable bonds is 1. The fraction of sp³-hybridized carbons (Fsp3) is 0.938. The van der Waals surface area contributed by atoms with E-state index in [2.05, 4.69) is 5.32 Å². The molecule has 3 fully saturated rings. The average molecular weight is 296 g/mol. The Balaban J connectivity index is 1.47. The molecule has 1 N–H and O–H groups in total. The van der Waals surface area contributed by atoms with Crippen molar-refractivity contribution in [2.24, 2.45) is 5.92 Å². The van der Waals surface area contributed by atoms with Gasteiger partial charge in [0.25, 0.3) is 0 Å². The maximum Gasteiger partial charge on any atom is 0.410 e. The molecule has 0 radical (unpaired) electrons. The highest BCUT2D eigenvalue weighted by Gasteiger charge is 2.49. The second-order valence-corrected chi connectivity index (χ2v) is 7.78. The van der Waals surface area contributed by atoms with Gasteiger partial charge in [-0.15, -0.1) is 0 Å². The highest BCUT2D eigenvalue weighted by molar-refractivity contribution is 5.68. The summed E-state index contributed by atoms with van der Waals surface area (Å²) in [6, 6.07) is 0. The number of morpholine rings is 1. The summed E-state index contributed by atoms with van der Waals surface area (Å²) in [7, 11) is 0. The Labute approximate surface area is 127 Å². The van der Waals surface area contributed by atoms with Crippen LogP contribution >= 0.6 is 0 Å². The molecule has 1 amide bonds. The first kappa shape index (κ1) is 15.1. The van der Waals surface area contributed by atoms with Crippen LogP contribution in [0.25, 0.3) is 0 Å². The number of piperidine rings is 1. The SMILES string of the molecule is CC(C)(C)OC(=O)N1CCC(C2CNCC3(CC3)O2)CC1. The van der Waals surface area contributed by atoms with Crippen LogP contribution in [0.5, 0.6) is 0 Å². The molecule has 0 aromatic rings. The molecule has 21 heavy (non-hydrogen) atoms. The fourth-order valence-corrected chi connectivity index (χ4v) is 3.32. The summed E-state index contributed by atoms with van der Waals surface area (Å²) >= 11 is 0. The number of nitrogens with zero attached hydrogens (tertiary/aromatic N) is 1. The Morgan fingerprint density at radius 3 is 2.52 bits per heavy atom. The van der Waals surface area contributed by atoms with Gasteiger partial charge in [-0.1, -0.05) is 0 Å². The molecule has 3 rings (SSSR count). The van der Waals surface area contributed by atoms with Gasteiger partial charge in [0, 0.05) is 26.2 Å². The second kappa shape index (κ2) is 5.43. The summed E-state index contributed by atoms with van der Waals surface area (Å²) in [6.45, 7) is 9.27. The van der Waals surface area contributed by atoms with Gasteiger partial charge in [-0.25, -0.2) is 4.79 Å². The van der Waals surface area contributed by atoms with Crippen LogP contribution in [-0.2, 0) is 9.47 Å². The fourth-order valence-electron chi connectivity index (χ4n) is 3.32. The number of hydrogen-bond donors (Lipinski definition) is 1. The van der Waals surface area contributed by atoms with E-state index >= 15 is 0 Å². The summed E-state index contributed by atoms with van der Waals surface area (Å²) in [5, 5.41) is 3.52. The summed E-state index contributed by atoms with van der Waals surface area (Å²) in [5.74, 6) is 0.564. The summed E-state index contributed by atoms with van der Waals surface area (Å²) in [4.78, 5) is 13.9. The van der Waals surface area contributed by atoms with Crippen LogP contribution in [0.15, 0.2) is 0 Å². The summed E-state index contributed by atoms with van der Waals surface area (Å²) < 4.78 is 11.7. The third-order valence-electron chi connectivity index (χ3n) is 4.72. The quantitative estimate of drug-likeness (QED) is 0.805. The Morgan fingerprint density at radius 2 is 1.95 bits per heavy atom. The third-order valence-corrected chi connectivity index (χ3v) is 4.72. The van der Waals surface area contributed by atoms with E-state index in [1.807, 2.05) is 25.7 Å². The average Bonchev–Trinajstić information content (AvgIpc) is 3.16. The minimum Gasteiger partial charge on any atom is -0.444 e. The van der Waals surface area contributed by atoms with Crippen molar-refractivity contribution in [3.63, 3.8) is 0 Å². The predicted octanol–water partition coefficient (Wildman–Crippen LogP) is 2.15. The standard InChI is InChI=1S/C16H28N2O3/c1-15(2,3)21-14(19)18-8-4-12(5-9-18)13-10-17-11-16(20-13)6-7-16/h12-13,17H,4-11H2,1-3H3. The highest BCUT2D eigenvalue weighted by atomic mass is 16.6. The maximum atomic E-state index is 12.1. The van der Waals surface area contributed by atoms with E-state index in [-0.39, 0.29) is 11.7 Å². The van der Waals surface area contributed by atoms with E-state index in [9.17, 15) is 4.79 Å². The molecule has 5 heteroatoms. The zero-order valence-electron chi connectivity index (χ0n) is 13.5. The maximum absolute atomic E-state index is 12.1. The van der Waals surface area contributed by atoms with Crippen LogP contribution in [0.4, 0.5) is 4.79 Å². The zero-order chi connectivity index (χ0) is 15.1. The van der Waals surface area contributed by atoms with Gasteiger partial charge in [0.2, 0.25) is 0 Å². The number of ether oxygens (including phenoxy) is 2. The molecule has 120 valence electrons.